The largest absolute Gasteiger partial charge is 0.481 e. The van der Waals surface area contributed by atoms with Crippen LogP contribution in [-0.2, 0) is 15.6 Å². The van der Waals surface area contributed by atoms with Crippen molar-refractivity contribution in [2.75, 3.05) is 27.3 Å². The van der Waals surface area contributed by atoms with Gasteiger partial charge in [-0.1, -0.05) is 17.7 Å². The van der Waals surface area contributed by atoms with Gasteiger partial charge in [0.2, 0.25) is 15.9 Å². The minimum Gasteiger partial charge on any atom is -0.481 e. The highest BCUT2D eigenvalue weighted by Crippen LogP contribution is 2.38. The fourth-order valence-corrected chi connectivity index (χ4v) is 4.59. The molecule has 0 spiro atoms. The average Bonchev–Trinajstić information content (AvgIpc) is 2.68. The molecule has 1 saturated heterocycles. The molecular weight excluding hydrogens is 370 g/mol. The number of methoxy groups -OCH3 is 2. The van der Waals surface area contributed by atoms with Crippen LogP contribution in [-0.4, -0.2) is 55.1 Å². The van der Waals surface area contributed by atoms with Gasteiger partial charge in [0.25, 0.3) is 0 Å². The number of aromatic nitrogens is 2. The number of benzene rings is 1. The average molecular weight is 393 g/mol. The van der Waals surface area contributed by atoms with E-state index in [1.165, 1.54) is 24.7 Å². The highest BCUT2D eigenvalue weighted by molar-refractivity contribution is 7.89. The van der Waals surface area contributed by atoms with Crippen LogP contribution in [0.25, 0.3) is 0 Å². The first-order valence-electron chi connectivity index (χ1n) is 8.55. The minimum absolute atomic E-state index is 0.138. The monoisotopic (exact) mass is 393 g/mol. The predicted octanol–water partition coefficient (Wildman–Crippen LogP) is 1.47. The van der Waals surface area contributed by atoms with E-state index in [9.17, 15) is 13.5 Å². The van der Waals surface area contributed by atoms with E-state index in [2.05, 4.69) is 9.97 Å². The van der Waals surface area contributed by atoms with Crippen LogP contribution in [0.5, 0.6) is 11.9 Å². The van der Waals surface area contributed by atoms with Crippen molar-refractivity contribution < 1.29 is 23.0 Å². The summed E-state index contributed by atoms with van der Waals surface area (Å²) in [5.41, 5.74) is 0.156. The summed E-state index contributed by atoms with van der Waals surface area (Å²) in [6.07, 6.45) is 1.89. The third-order valence-electron chi connectivity index (χ3n) is 4.82. The second kappa shape index (κ2) is 7.41. The van der Waals surface area contributed by atoms with E-state index in [4.69, 9.17) is 9.47 Å². The second-order valence-electron chi connectivity index (χ2n) is 6.53. The molecule has 8 nitrogen and oxygen atoms in total. The summed E-state index contributed by atoms with van der Waals surface area (Å²) in [4.78, 5) is 8.40. The van der Waals surface area contributed by atoms with Crippen molar-refractivity contribution in [2.45, 2.75) is 30.3 Å². The summed E-state index contributed by atoms with van der Waals surface area (Å²) in [5.74, 6) is 0.221. The molecule has 1 aromatic heterocycles. The molecule has 0 atom stereocenters. The Kier molecular flexibility index (Phi) is 5.36. The van der Waals surface area contributed by atoms with Crippen molar-refractivity contribution in [3.05, 3.63) is 41.6 Å². The molecule has 0 unspecified atom stereocenters. The van der Waals surface area contributed by atoms with Crippen molar-refractivity contribution in [3.63, 3.8) is 0 Å². The van der Waals surface area contributed by atoms with Crippen LogP contribution >= 0.6 is 0 Å². The molecule has 1 aromatic carbocycles. The molecule has 2 heterocycles. The zero-order valence-corrected chi connectivity index (χ0v) is 16.4. The van der Waals surface area contributed by atoms with Crippen molar-refractivity contribution >= 4 is 10.0 Å². The highest BCUT2D eigenvalue weighted by atomic mass is 32.2. The number of aryl methyl sites for hydroxylation is 1. The molecule has 1 aliphatic heterocycles. The topological polar surface area (TPSA) is 102 Å². The van der Waals surface area contributed by atoms with E-state index < -0.39 is 15.6 Å². The maximum absolute atomic E-state index is 12.8. The Hall–Kier alpha value is -2.23. The fourth-order valence-electron chi connectivity index (χ4n) is 3.15. The van der Waals surface area contributed by atoms with Gasteiger partial charge in [-0.2, -0.15) is 9.29 Å². The lowest BCUT2D eigenvalue weighted by Gasteiger charge is -2.37. The Morgan fingerprint density at radius 2 is 1.74 bits per heavy atom. The molecular formula is C18H23N3O5S. The predicted molar refractivity (Wildman–Crippen MR) is 98.2 cm³/mol. The lowest BCUT2D eigenvalue weighted by molar-refractivity contribution is -0.0123. The molecule has 0 bridgehead atoms. The maximum Gasteiger partial charge on any atom is 0.319 e. The van der Waals surface area contributed by atoms with E-state index in [1.54, 1.807) is 24.3 Å². The number of nitrogens with zero attached hydrogens (tertiary/aromatic N) is 3. The van der Waals surface area contributed by atoms with E-state index in [0.717, 1.165) is 5.56 Å². The van der Waals surface area contributed by atoms with Gasteiger partial charge in [0.1, 0.15) is 0 Å². The summed E-state index contributed by atoms with van der Waals surface area (Å²) >= 11 is 0. The van der Waals surface area contributed by atoms with Crippen LogP contribution in [0.1, 0.15) is 24.0 Å². The summed E-state index contributed by atoms with van der Waals surface area (Å²) < 4.78 is 37.3. The van der Waals surface area contributed by atoms with E-state index in [-0.39, 0.29) is 42.7 Å². The van der Waals surface area contributed by atoms with Gasteiger partial charge in [0.15, 0.2) is 0 Å². The molecule has 3 rings (SSSR count). The Labute approximate surface area is 158 Å². The molecule has 9 heteroatoms. The first-order chi connectivity index (χ1) is 12.8. The van der Waals surface area contributed by atoms with E-state index >= 15 is 0 Å². The molecule has 1 fully saturated rings. The third kappa shape index (κ3) is 3.76. The molecule has 2 aromatic rings. The zero-order chi connectivity index (χ0) is 19.7. The van der Waals surface area contributed by atoms with Crippen LogP contribution in [0.3, 0.4) is 0 Å². The van der Waals surface area contributed by atoms with E-state index in [1.807, 2.05) is 6.92 Å². The molecule has 0 aliphatic carbocycles. The molecule has 0 saturated carbocycles. The van der Waals surface area contributed by atoms with Crippen LogP contribution in [0.2, 0.25) is 0 Å². The highest BCUT2D eigenvalue weighted by Gasteiger charge is 2.40. The lowest BCUT2D eigenvalue weighted by Crippen LogP contribution is -2.45. The number of hydrogen-bond acceptors (Lipinski definition) is 7. The molecule has 146 valence electrons. The molecule has 1 N–H and O–H groups in total. The molecule has 0 amide bonds. The maximum atomic E-state index is 12.8. The number of sulfonamides is 1. The number of ether oxygens (including phenoxy) is 2. The first kappa shape index (κ1) is 19.5. The summed E-state index contributed by atoms with van der Waals surface area (Å²) in [6, 6.07) is 6.88. The minimum atomic E-state index is -3.60. The lowest BCUT2D eigenvalue weighted by atomic mass is 9.86. The Balaban J connectivity index is 1.81. The number of aliphatic hydroxyl groups is 1. The summed E-state index contributed by atoms with van der Waals surface area (Å²) in [5, 5.41) is 11.1. The van der Waals surface area contributed by atoms with Crippen molar-refractivity contribution in [2.24, 2.45) is 0 Å². The van der Waals surface area contributed by atoms with Crippen LogP contribution in [0, 0.1) is 6.92 Å². The van der Waals surface area contributed by atoms with Gasteiger partial charge in [-0.15, -0.1) is 0 Å². The smallest absolute Gasteiger partial charge is 0.319 e. The molecule has 0 radical (unpaired) electrons. The Morgan fingerprint density at radius 1 is 1.11 bits per heavy atom. The Morgan fingerprint density at radius 3 is 2.30 bits per heavy atom. The van der Waals surface area contributed by atoms with Gasteiger partial charge in [0.05, 0.1) is 30.3 Å². The van der Waals surface area contributed by atoms with Gasteiger partial charge in [-0.3, -0.25) is 0 Å². The van der Waals surface area contributed by atoms with Crippen molar-refractivity contribution in [1.29, 1.82) is 0 Å². The van der Waals surface area contributed by atoms with Crippen molar-refractivity contribution in [3.8, 4) is 11.9 Å². The summed E-state index contributed by atoms with van der Waals surface area (Å²) in [7, 11) is -0.706. The SMILES string of the molecule is COc1ncc(C2(O)CCN(S(=O)(=O)c3ccc(C)cc3)CC2)c(OC)n1. The fraction of sp³-hybridized carbons (Fsp3) is 0.444. The van der Waals surface area contributed by atoms with Crippen LogP contribution in [0.4, 0.5) is 0 Å². The number of rotatable bonds is 5. The van der Waals surface area contributed by atoms with Gasteiger partial charge in [-0.05, 0) is 31.9 Å². The van der Waals surface area contributed by atoms with Gasteiger partial charge in [-0.25, -0.2) is 13.4 Å². The third-order valence-corrected chi connectivity index (χ3v) is 6.73. The normalized spacial score (nSPS) is 17.5. The van der Waals surface area contributed by atoms with E-state index in [0.29, 0.717) is 5.56 Å². The van der Waals surface area contributed by atoms with Crippen molar-refractivity contribution in [1.82, 2.24) is 14.3 Å². The Bertz CT molecular complexity index is 907. The first-order valence-corrected chi connectivity index (χ1v) is 9.99. The van der Waals surface area contributed by atoms with Crippen LogP contribution in [0.15, 0.2) is 35.4 Å². The molecule has 1 aliphatic rings. The zero-order valence-electron chi connectivity index (χ0n) is 15.5. The second-order valence-corrected chi connectivity index (χ2v) is 8.47. The molecule has 27 heavy (non-hydrogen) atoms. The standard InChI is InChI=1S/C18H23N3O5S/c1-13-4-6-14(7-5-13)27(23,24)21-10-8-18(22,9-11-21)15-12-19-17(26-3)20-16(15)25-2/h4-7,12,22H,8-11H2,1-3H3. The van der Waals surface area contributed by atoms with Gasteiger partial charge < -0.3 is 14.6 Å². The van der Waals surface area contributed by atoms with Gasteiger partial charge >= 0.3 is 6.01 Å². The number of piperidine rings is 1. The number of hydrogen-bond donors (Lipinski definition) is 1. The summed E-state index contributed by atoms with van der Waals surface area (Å²) in [6.45, 7) is 2.27. The quantitative estimate of drug-likeness (QED) is 0.821. The van der Waals surface area contributed by atoms with Crippen LogP contribution < -0.4 is 9.47 Å². The van der Waals surface area contributed by atoms with Gasteiger partial charge in [0, 0.05) is 19.3 Å².